The monoisotopic (exact) mass is 427 g/mol. The van der Waals surface area contributed by atoms with Gasteiger partial charge in [0.1, 0.15) is 0 Å². The minimum absolute atomic E-state index is 0.0204. The highest BCUT2D eigenvalue weighted by molar-refractivity contribution is 7.92. The summed E-state index contributed by atoms with van der Waals surface area (Å²) in [5.41, 5.74) is 1.59. The van der Waals surface area contributed by atoms with Gasteiger partial charge >= 0.3 is 5.97 Å². The standard InChI is InChI=1S/C20H17N3O6S/c24-19-9-14(20(25)26)11-23(19)16-5-7-17(8-6-16)30(27,28)22-15-3-1-13(2-4-15)18-10-21-12-29-18/h1-8,10,12,14,22H,9,11H2,(H,25,26). The molecule has 1 atom stereocenters. The molecule has 9 nitrogen and oxygen atoms in total. The Labute approximate surface area is 172 Å². The number of aromatic nitrogens is 1. The maximum atomic E-state index is 12.7. The van der Waals surface area contributed by atoms with Gasteiger partial charge in [0, 0.05) is 29.9 Å². The Morgan fingerprint density at radius 2 is 1.83 bits per heavy atom. The fourth-order valence-corrected chi connectivity index (χ4v) is 4.26. The van der Waals surface area contributed by atoms with E-state index in [1.165, 1.54) is 35.6 Å². The third-order valence-corrected chi connectivity index (χ3v) is 6.18. The van der Waals surface area contributed by atoms with Crippen LogP contribution in [-0.2, 0) is 19.6 Å². The average molecular weight is 427 g/mol. The van der Waals surface area contributed by atoms with E-state index in [-0.39, 0.29) is 23.8 Å². The second-order valence-electron chi connectivity index (χ2n) is 6.79. The Hall–Kier alpha value is -3.66. The molecular formula is C20H17N3O6S. The maximum Gasteiger partial charge on any atom is 0.308 e. The molecule has 1 amide bonds. The van der Waals surface area contributed by atoms with E-state index in [4.69, 9.17) is 9.52 Å². The first-order valence-corrected chi connectivity index (χ1v) is 10.5. The molecule has 1 saturated heterocycles. The summed E-state index contributed by atoms with van der Waals surface area (Å²) in [5.74, 6) is -1.52. The van der Waals surface area contributed by atoms with E-state index in [0.717, 1.165) is 5.56 Å². The lowest BCUT2D eigenvalue weighted by Gasteiger charge is -2.16. The van der Waals surface area contributed by atoms with Crippen molar-refractivity contribution in [2.45, 2.75) is 11.3 Å². The zero-order valence-corrected chi connectivity index (χ0v) is 16.4. The Kier molecular flexibility index (Phi) is 5.00. The summed E-state index contributed by atoms with van der Waals surface area (Å²) in [6.07, 6.45) is 2.80. The Bertz CT molecular complexity index is 1170. The Morgan fingerprint density at radius 1 is 1.13 bits per heavy atom. The van der Waals surface area contributed by atoms with Gasteiger partial charge in [-0.05, 0) is 48.5 Å². The SMILES string of the molecule is O=C(O)C1CC(=O)N(c2ccc(S(=O)(=O)Nc3ccc(-c4cnco4)cc3)cc2)C1. The van der Waals surface area contributed by atoms with Crippen LogP contribution in [0.4, 0.5) is 11.4 Å². The van der Waals surface area contributed by atoms with Crippen LogP contribution in [0.25, 0.3) is 11.3 Å². The van der Waals surface area contributed by atoms with Gasteiger partial charge in [0.2, 0.25) is 5.91 Å². The Balaban J connectivity index is 1.48. The molecule has 1 fully saturated rings. The first kappa shape index (κ1) is 19.6. The number of oxazole rings is 1. The summed E-state index contributed by atoms with van der Waals surface area (Å²) < 4.78 is 33.0. The number of benzene rings is 2. The average Bonchev–Trinajstić information content (AvgIpc) is 3.38. The van der Waals surface area contributed by atoms with Crippen molar-refractivity contribution in [2.75, 3.05) is 16.2 Å². The lowest BCUT2D eigenvalue weighted by atomic mass is 10.1. The van der Waals surface area contributed by atoms with Crippen LogP contribution in [0.2, 0.25) is 0 Å². The van der Waals surface area contributed by atoms with E-state index in [2.05, 4.69) is 9.71 Å². The van der Waals surface area contributed by atoms with Crippen LogP contribution in [0.15, 0.2) is 70.4 Å². The molecule has 1 aromatic heterocycles. The normalized spacial score (nSPS) is 16.6. The minimum atomic E-state index is -3.84. The van der Waals surface area contributed by atoms with Crippen LogP contribution < -0.4 is 9.62 Å². The van der Waals surface area contributed by atoms with E-state index in [1.807, 2.05) is 0 Å². The largest absolute Gasteiger partial charge is 0.481 e. The van der Waals surface area contributed by atoms with E-state index in [9.17, 15) is 18.0 Å². The molecule has 0 aliphatic carbocycles. The van der Waals surface area contributed by atoms with Gasteiger partial charge in [0.25, 0.3) is 10.0 Å². The van der Waals surface area contributed by atoms with Crippen LogP contribution in [0, 0.1) is 5.92 Å². The third-order valence-electron chi connectivity index (χ3n) is 4.79. The number of rotatable bonds is 6. The van der Waals surface area contributed by atoms with E-state index in [1.54, 1.807) is 30.5 Å². The summed E-state index contributed by atoms with van der Waals surface area (Å²) in [5, 5.41) is 9.08. The topological polar surface area (TPSA) is 130 Å². The lowest BCUT2D eigenvalue weighted by molar-refractivity contribution is -0.141. The molecule has 2 N–H and O–H groups in total. The van der Waals surface area contributed by atoms with Crippen molar-refractivity contribution in [1.82, 2.24) is 4.98 Å². The predicted molar refractivity (Wildman–Crippen MR) is 107 cm³/mol. The molecule has 0 bridgehead atoms. The number of nitrogens with one attached hydrogen (secondary N) is 1. The van der Waals surface area contributed by atoms with Gasteiger partial charge in [-0.15, -0.1) is 0 Å². The number of carbonyl (C=O) groups excluding carboxylic acids is 1. The van der Waals surface area contributed by atoms with Gasteiger partial charge < -0.3 is 14.4 Å². The summed E-state index contributed by atoms with van der Waals surface area (Å²) >= 11 is 0. The zero-order chi connectivity index (χ0) is 21.3. The number of carboxylic acids is 1. The van der Waals surface area contributed by atoms with Crippen molar-refractivity contribution in [3.63, 3.8) is 0 Å². The second kappa shape index (κ2) is 7.64. The highest BCUT2D eigenvalue weighted by Crippen LogP contribution is 2.27. The summed E-state index contributed by atoms with van der Waals surface area (Å²) in [4.78, 5) is 28.4. The molecule has 1 unspecified atom stereocenters. The number of sulfonamides is 1. The van der Waals surface area contributed by atoms with Crippen LogP contribution in [0.3, 0.4) is 0 Å². The number of carboxylic acid groups (broad SMARTS) is 1. The van der Waals surface area contributed by atoms with Crippen molar-refractivity contribution in [3.8, 4) is 11.3 Å². The van der Waals surface area contributed by atoms with Crippen molar-refractivity contribution in [1.29, 1.82) is 0 Å². The molecule has 1 aliphatic heterocycles. The fraction of sp³-hybridized carbons (Fsp3) is 0.150. The highest BCUT2D eigenvalue weighted by Gasteiger charge is 2.35. The van der Waals surface area contributed by atoms with Crippen molar-refractivity contribution < 1.29 is 27.5 Å². The molecule has 0 saturated carbocycles. The van der Waals surface area contributed by atoms with Gasteiger partial charge in [-0.3, -0.25) is 14.3 Å². The molecule has 30 heavy (non-hydrogen) atoms. The van der Waals surface area contributed by atoms with Crippen LogP contribution in [0.1, 0.15) is 6.42 Å². The van der Waals surface area contributed by atoms with Gasteiger partial charge in [-0.1, -0.05) is 0 Å². The van der Waals surface area contributed by atoms with Gasteiger partial charge in [-0.25, -0.2) is 13.4 Å². The predicted octanol–water partition coefficient (Wildman–Crippen LogP) is 2.58. The van der Waals surface area contributed by atoms with E-state index in [0.29, 0.717) is 17.1 Å². The molecule has 2 heterocycles. The molecule has 0 radical (unpaired) electrons. The fourth-order valence-electron chi connectivity index (χ4n) is 3.20. The molecule has 1 aliphatic rings. The summed E-state index contributed by atoms with van der Waals surface area (Å²) in [7, 11) is -3.84. The van der Waals surface area contributed by atoms with Crippen molar-refractivity contribution >= 4 is 33.3 Å². The number of aliphatic carboxylic acids is 1. The molecule has 0 spiro atoms. The number of amides is 1. The maximum absolute atomic E-state index is 12.7. The molecule has 154 valence electrons. The molecule has 3 aromatic rings. The van der Waals surface area contributed by atoms with Gasteiger partial charge in [-0.2, -0.15) is 0 Å². The first-order chi connectivity index (χ1) is 14.3. The lowest BCUT2D eigenvalue weighted by Crippen LogP contribution is -2.25. The quantitative estimate of drug-likeness (QED) is 0.618. The number of hydrogen-bond acceptors (Lipinski definition) is 6. The summed E-state index contributed by atoms with van der Waals surface area (Å²) in [6, 6.07) is 12.4. The Morgan fingerprint density at radius 3 is 2.40 bits per heavy atom. The smallest absolute Gasteiger partial charge is 0.308 e. The zero-order valence-electron chi connectivity index (χ0n) is 15.6. The second-order valence-corrected chi connectivity index (χ2v) is 8.47. The first-order valence-electron chi connectivity index (χ1n) is 8.98. The van der Waals surface area contributed by atoms with E-state index < -0.39 is 21.9 Å². The van der Waals surface area contributed by atoms with Gasteiger partial charge in [0.15, 0.2) is 12.2 Å². The molecular weight excluding hydrogens is 410 g/mol. The van der Waals surface area contributed by atoms with E-state index >= 15 is 0 Å². The minimum Gasteiger partial charge on any atom is -0.481 e. The molecule has 2 aromatic carbocycles. The highest BCUT2D eigenvalue weighted by atomic mass is 32.2. The van der Waals surface area contributed by atoms with Crippen LogP contribution in [0.5, 0.6) is 0 Å². The number of anilines is 2. The van der Waals surface area contributed by atoms with Crippen LogP contribution >= 0.6 is 0 Å². The van der Waals surface area contributed by atoms with Crippen molar-refractivity contribution in [2.24, 2.45) is 5.92 Å². The van der Waals surface area contributed by atoms with Crippen LogP contribution in [-0.4, -0.2) is 36.9 Å². The number of carbonyl (C=O) groups is 2. The van der Waals surface area contributed by atoms with Crippen molar-refractivity contribution in [3.05, 3.63) is 61.1 Å². The number of hydrogen-bond donors (Lipinski definition) is 2. The number of nitrogens with zero attached hydrogens (tertiary/aromatic N) is 2. The molecule has 10 heteroatoms. The third kappa shape index (κ3) is 3.90. The molecule has 4 rings (SSSR count). The summed E-state index contributed by atoms with van der Waals surface area (Å²) in [6.45, 7) is 0.0655. The van der Waals surface area contributed by atoms with Gasteiger partial charge in [0.05, 0.1) is 17.0 Å².